The summed E-state index contributed by atoms with van der Waals surface area (Å²) in [5.74, 6) is 1.51. The van der Waals surface area contributed by atoms with Crippen LogP contribution < -0.4 is 10.1 Å². The number of nitrogens with one attached hydrogen (secondary N) is 1. The summed E-state index contributed by atoms with van der Waals surface area (Å²) in [6.07, 6.45) is 1.45. The van der Waals surface area contributed by atoms with E-state index < -0.39 is 0 Å². The van der Waals surface area contributed by atoms with Gasteiger partial charge < -0.3 is 10.1 Å². The third-order valence-electron chi connectivity index (χ3n) is 5.46. The number of carbonyl (C=O) groups is 1. The molecule has 0 radical (unpaired) electrons. The van der Waals surface area contributed by atoms with Crippen molar-refractivity contribution in [3.05, 3.63) is 88.5 Å². The normalized spacial score (nSPS) is 10.8. The Hall–Kier alpha value is -4.00. The highest BCUT2D eigenvalue weighted by Gasteiger charge is 2.12. The van der Waals surface area contributed by atoms with Crippen LogP contribution in [0.1, 0.15) is 38.4 Å². The van der Waals surface area contributed by atoms with Crippen molar-refractivity contribution >= 4 is 11.6 Å². The lowest BCUT2D eigenvalue weighted by Gasteiger charge is -2.10. The van der Waals surface area contributed by atoms with Gasteiger partial charge in [-0.25, -0.2) is 14.6 Å². The van der Waals surface area contributed by atoms with Crippen LogP contribution in [-0.4, -0.2) is 25.7 Å². The fraction of sp³-hybridized carbons (Fsp3) is 0.200. The Morgan fingerprint density at radius 3 is 2.34 bits per heavy atom. The Kier molecular flexibility index (Phi) is 5.73. The van der Waals surface area contributed by atoms with Gasteiger partial charge in [-0.05, 0) is 76.1 Å². The molecule has 7 nitrogen and oxygen atoms in total. The van der Waals surface area contributed by atoms with E-state index in [0.29, 0.717) is 28.7 Å². The minimum absolute atomic E-state index is 0.142. The van der Waals surface area contributed by atoms with Gasteiger partial charge in [0.05, 0.1) is 5.69 Å². The Morgan fingerprint density at radius 2 is 1.69 bits per heavy atom. The first-order chi connectivity index (χ1) is 15.3. The smallest absolute Gasteiger partial charge is 0.255 e. The topological polar surface area (TPSA) is 81.9 Å². The van der Waals surface area contributed by atoms with Gasteiger partial charge in [-0.1, -0.05) is 17.7 Å². The maximum absolute atomic E-state index is 12.6. The minimum Gasteiger partial charge on any atom is -0.439 e. The molecular formula is C25H25N5O2. The molecule has 0 fully saturated rings. The molecule has 2 aromatic carbocycles. The summed E-state index contributed by atoms with van der Waals surface area (Å²) in [6, 6.07) is 14.7. The van der Waals surface area contributed by atoms with E-state index in [1.54, 1.807) is 35.0 Å². The summed E-state index contributed by atoms with van der Waals surface area (Å²) in [5, 5.41) is 7.46. The number of amides is 1. The van der Waals surface area contributed by atoms with Gasteiger partial charge in [0.2, 0.25) is 5.88 Å². The Bertz CT molecular complexity index is 1290. The molecule has 0 aliphatic carbocycles. The number of benzene rings is 2. The Labute approximate surface area is 187 Å². The maximum atomic E-state index is 12.6. The van der Waals surface area contributed by atoms with Gasteiger partial charge >= 0.3 is 0 Å². The van der Waals surface area contributed by atoms with Crippen LogP contribution in [0.3, 0.4) is 0 Å². The van der Waals surface area contributed by atoms with E-state index in [1.807, 2.05) is 52.8 Å². The molecule has 0 saturated heterocycles. The number of nitrogens with zero attached hydrogens (tertiary/aromatic N) is 4. The second kappa shape index (κ2) is 8.63. The predicted octanol–water partition coefficient (Wildman–Crippen LogP) is 5.25. The van der Waals surface area contributed by atoms with E-state index in [9.17, 15) is 4.79 Å². The van der Waals surface area contributed by atoms with Crippen molar-refractivity contribution in [1.82, 2.24) is 19.7 Å². The number of rotatable bonds is 5. The molecule has 7 heteroatoms. The van der Waals surface area contributed by atoms with Crippen LogP contribution in [0, 0.1) is 34.6 Å². The van der Waals surface area contributed by atoms with Crippen molar-refractivity contribution in [1.29, 1.82) is 0 Å². The van der Waals surface area contributed by atoms with Crippen LogP contribution in [0.2, 0.25) is 0 Å². The van der Waals surface area contributed by atoms with Crippen LogP contribution in [0.5, 0.6) is 11.6 Å². The Balaban J connectivity index is 1.47. The summed E-state index contributed by atoms with van der Waals surface area (Å²) < 4.78 is 7.67. The van der Waals surface area contributed by atoms with Crippen LogP contribution in [0.15, 0.2) is 54.9 Å². The minimum atomic E-state index is -0.142. The largest absolute Gasteiger partial charge is 0.439 e. The van der Waals surface area contributed by atoms with Crippen molar-refractivity contribution in [2.45, 2.75) is 34.6 Å². The molecule has 0 aliphatic heterocycles. The average molecular weight is 428 g/mol. The summed E-state index contributed by atoms with van der Waals surface area (Å²) in [4.78, 5) is 21.1. The third kappa shape index (κ3) is 4.37. The van der Waals surface area contributed by atoms with E-state index in [1.165, 1.54) is 6.33 Å². The average Bonchev–Trinajstić information content (AvgIpc) is 3.02. The highest BCUT2D eigenvalue weighted by Crippen LogP contribution is 2.24. The maximum Gasteiger partial charge on any atom is 0.255 e. The highest BCUT2D eigenvalue weighted by atomic mass is 16.5. The quantitative estimate of drug-likeness (QED) is 0.470. The lowest BCUT2D eigenvalue weighted by molar-refractivity contribution is 0.102. The highest BCUT2D eigenvalue weighted by molar-refractivity contribution is 6.05. The van der Waals surface area contributed by atoms with Crippen molar-refractivity contribution < 1.29 is 9.53 Å². The van der Waals surface area contributed by atoms with Gasteiger partial charge in [-0.2, -0.15) is 5.10 Å². The van der Waals surface area contributed by atoms with Gasteiger partial charge in [0.15, 0.2) is 5.82 Å². The molecule has 2 heterocycles. The lowest BCUT2D eigenvalue weighted by atomic mass is 10.1. The van der Waals surface area contributed by atoms with Crippen LogP contribution >= 0.6 is 0 Å². The number of aromatic nitrogens is 4. The summed E-state index contributed by atoms with van der Waals surface area (Å²) >= 11 is 0. The number of hydrogen-bond acceptors (Lipinski definition) is 5. The molecule has 0 unspecified atom stereocenters. The monoisotopic (exact) mass is 427 g/mol. The van der Waals surface area contributed by atoms with Gasteiger partial charge in [-0.3, -0.25) is 4.79 Å². The molecule has 0 aliphatic rings. The first kappa shape index (κ1) is 21.2. The molecule has 162 valence electrons. The van der Waals surface area contributed by atoms with Crippen molar-refractivity contribution in [2.75, 3.05) is 5.32 Å². The van der Waals surface area contributed by atoms with Crippen molar-refractivity contribution in [2.24, 2.45) is 0 Å². The molecule has 0 saturated carbocycles. The molecule has 0 atom stereocenters. The van der Waals surface area contributed by atoms with Gasteiger partial charge in [-0.15, -0.1) is 0 Å². The molecule has 1 N–H and O–H groups in total. The molecule has 32 heavy (non-hydrogen) atoms. The van der Waals surface area contributed by atoms with Gasteiger partial charge in [0.25, 0.3) is 5.91 Å². The second-order valence-electron chi connectivity index (χ2n) is 7.82. The predicted molar refractivity (Wildman–Crippen MR) is 124 cm³/mol. The van der Waals surface area contributed by atoms with Gasteiger partial charge in [0.1, 0.15) is 12.1 Å². The number of hydrogen-bond donors (Lipinski definition) is 1. The zero-order chi connectivity index (χ0) is 22.8. The van der Waals surface area contributed by atoms with Crippen molar-refractivity contribution in [3.8, 4) is 17.4 Å². The number of ether oxygens (including phenoxy) is 1. The number of aryl methyl sites for hydroxylation is 3. The molecule has 1 amide bonds. The SMILES string of the molecule is Cc1ccc(C(=O)Nc2ccc(Oc3cc(-n4nc(C)c(C)c4C)ncn3)cc2)c(C)c1. The molecule has 4 rings (SSSR count). The molecule has 0 bridgehead atoms. The Morgan fingerprint density at radius 1 is 0.938 bits per heavy atom. The summed E-state index contributed by atoms with van der Waals surface area (Å²) in [5.41, 5.74) is 6.52. The van der Waals surface area contributed by atoms with Crippen molar-refractivity contribution in [3.63, 3.8) is 0 Å². The van der Waals surface area contributed by atoms with E-state index in [0.717, 1.165) is 28.1 Å². The zero-order valence-corrected chi connectivity index (χ0v) is 18.8. The zero-order valence-electron chi connectivity index (χ0n) is 18.8. The fourth-order valence-corrected chi connectivity index (χ4v) is 3.44. The summed E-state index contributed by atoms with van der Waals surface area (Å²) in [6.45, 7) is 9.95. The number of carbonyl (C=O) groups excluding carboxylic acids is 1. The molecule has 4 aromatic rings. The summed E-state index contributed by atoms with van der Waals surface area (Å²) in [7, 11) is 0. The first-order valence-electron chi connectivity index (χ1n) is 10.3. The molecule has 0 spiro atoms. The van der Waals surface area contributed by atoms with Crippen LogP contribution in [-0.2, 0) is 0 Å². The molecular weight excluding hydrogens is 402 g/mol. The third-order valence-corrected chi connectivity index (χ3v) is 5.46. The standard InChI is InChI=1S/C25H25N5O2/c1-15-6-11-22(16(2)12-15)25(31)28-20-7-9-21(10-8-20)32-24-13-23(26-14-27-24)30-19(5)17(3)18(4)29-30/h6-14H,1-5H3,(H,28,31). The second-order valence-corrected chi connectivity index (χ2v) is 7.82. The molecule has 2 aromatic heterocycles. The van der Waals surface area contributed by atoms with Crippen LogP contribution in [0.4, 0.5) is 5.69 Å². The van der Waals surface area contributed by atoms with E-state index in [4.69, 9.17) is 4.74 Å². The first-order valence-corrected chi connectivity index (χ1v) is 10.3. The lowest BCUT2D eigenvalue weighted by Crippen LogP contribution is -2.13. The van der Waals surface area contributed by atoms with E-state index in [2.05, 4.69) is 20.4 Å². The van der Waals surface area contributed by atoms with E-state index in [-0.39, 0.29) is 5.91 Å². The van der Waals surface area contributed by atoms with Gasteiger partial charge in [0, 0.05) is 23.0 Å². The van der Waals surface area contributed by atoms with Crippen LogP contribution in [0.25, 0.3) is 5.82 Å². The number of anilines is 1. The van der Waals surface area contributed by atoms with E-state index >= 15 is 0 Å². The fourth-order valence-electron chi connectivity index (χ4n) is 3.44.